The SMILES string of the molecule is Cc1ccc(C(O)c2ccc(OC(C)C)cc2)c(C)c1. The standard InChI is InChI=1S/C18H22O2/c1-12(2)20-16-8-6-15(7-9-16)18(19)17-10-5-13(3)11-14(17)4/h5-12,18-19H,1-4H3. The summed E-state index contributed by atoms with van der Waals surface area (Å²) in [7, 11) is 0. The van der Waals surface area contributed by atoms with Gasteiger partial charge in [-0.05, 0) is 56.5 Å². The molecule has 1 unspecified atom stereocenters. The molecule has 0 spiro atoms. The highest BCUT2D eigenvalue weighted by Gasteiger charge is 2.13. The molecule has 1 atom stereocenters. The van der Waals surface area contributed by atoms with Crippen LogP contribution in [0.2, 0.25) is 0 Å². The lowest BCUT2D eigenvalue weighted by Gasteiger charge is -2.16. The average Bonchev–Trinajstić information content (AvgIpc) is 2.38. The summed E-state index contributed by atoms with van der Waals surface area (Å²) in [6, 6.07) is 13.8. The van der Waals surface area contributed by atoms with Crippen LogP contribution in [0.15, 0.2) is 42.5 Å². The van der Waals surface area contributed by atoms with Gasteiger partial charge < -0.3 is 9.84 Å². The number of hydrogen-bond acceptors (Lipinski definition) is 2. The fourth-order valence-corrected chi connectivity index (χ4v) is 2.31. The minimum absolute atomic E-state index is 0.158. The summed E-state index contributed by atoms with van der Waals surface area (Å²) in [5, 5.41) is 10.5. The Hall–Kier alpha value is -1.80. The molecule has 0 aromatic heterocycles. The van der Waals surface area contributed by atoms with Crippen LogP contribution in [0.25, 0.3) is 0 Å². The summed E-state index contributed by atoms with van der Waals surface area (Å²) in [4.78, 5) is 0. The lowest BCUT2D eigenvalue weighted by molar-refractivity contribution is 0.218. The molecule has 1 N–H and O–H groups in total. The Bertz CT molecular complexity index is 570. The molecule has 2 aromatic carbocycles. The molecule has 0 amide bonds. The second-order valence-electron chi connectivity index (χ2n) is 5.50. The fourth-order valence-electron chi connectivity index (χ4n) is 2.31. The van der Waals surface area contributed by atoms with Gasteiger partial charge in [-0.3, -0.25) is 0 Å². The van der Waals surface area contributed by atoms with Crippen LogP contribution in [0.5, 0.6) is 5.75 Å². The Balaban J connectivity index is 2.22. The molecule has 0 fully saturated rings. The predicted molar refractivity (Wildman–Crippen MR) is 82.2 cm³/mol. The van der Waals surface area contributed by atoms with E-state index in [2.05, 4.69) is 13.0 Å². The zero-order valence-corrected chi connectivity index (χ0v) is 12.6. The summed E-state index contributed by atoms with van der Waals surface area (Å²) in [5.41, 5.74) is 4.15. The minimum Gasteiger partial charge on any atom is -0.491 e. The molecule has 2 heteroatoms. The number of ether oxygens (including phenoxy) is 1. The van der Waals surface area contributed by atoms with Gasteiger partial charge in [0.1, 0.15) is 11.9 Å². The van der Waals surface area contributed by atoms with Gasteiger partial charge in [0.05, 0.1) is 6.10 Å². The number of aliphatic hydroxyl groups is 1. The highest BCUT2D eigenvalue weighted by Crippen LogP contribution is 2.27. The largest absolute Gasteiger partial charge is 0.491 e. The van der Waals surface area contributed by atoms with Crippen LogP contribution in [0, 0.1) is 13.8 Å². The van der Waals surface area contributed by atoms with Crippen molar-refractivity contribution < 1.29 is 9.84 Å². The maximum Gasteiger partial charge on any atom is 0.119 e. The molecule has 106 valence electrons. The second kappa shape index (κ2) is 6.10. The van der Waals surface area contributed by atoms with E-state index < -0.39 is 6.10 Å². The number of hydrogen-bond donors (Lipinski definition) is 1. The molecule has 20 heavy (non-hydrogen) atoms. The topological polar surface area (TPSA) is 29.5 Å². The molecule has 0 bridgehead atoms. The molecule has 0 heterocycles. The van der Waals surface area contributed by atoms with Crippen LogP contribution in [-0.2, 0) is 0 Å². The molecule has 2 aromatic rings. The zero-order chi connectivity index (χ0) is 14.7. The third-order valence-corrected chi connectivity index (χ3v) is 3.29. The van der Waals surface area contributed by atoms with E-state index in [1.54, 1.807) is 0 Å². The quantitative estimate of drug-likeness (QED) is 0.903. The Morgan fingerprint density at radius 3 is 2.15 bits per heavy atom. The first kappa shape index (κ1) is 14.6. The van der Waals surface area contributed by atoms with Crippen molar-refractivity contribution in [2.24, 2.45) is 0 Å². The van der Waals surface area contributed by atoms with Crippen LogP contribution in [-0.4, -0.2) is 11.2 Å². The average molecular weight is 270 g/mol. The summed E-state index contributed by atoms with van der Waals surface area (Å²) in [6.45, 7) is 8.08. The maximum absolute atomic E-state index is 10.5. The Morgan fingerprint density at radius 1 is 0.950 bits per heavy atom. The van der Waals surface area contributed by atoms with Crippen molar-refractivity contribution in [2.75, 3.05) is 0 Å². The molecule has 0 radical (unpaired) electrons. The van der Waals surface area contributed by atoms with Gasteiger partial charge >= 0.3 is 0 Å². The van der Waals surface area contributed by atoms with Gasteiger partial charge in [0.25, 0.3) is 0 Å². The van der Waals surface area contributed by atoms with E-state index in [9.17, 15) is 5.11 Å². The monoisotopic (exact) mass is 270 g/mol. The van der Waals surface area contributed by atoms with Crippen LogP contribution in [0.4, 0.5) is 0 Å². The first-order valence-electron chi connectivity index (χ1n) is 6.99. The molecule has 2 rings (SSSR count). The fraction of sp³-hybridized carbons (Fsp3) is 0.333. The molecular weight excluding hydrogens is 248 g/mol. The normalized spacial score (nSPS) is 12.5. The van der Waals surface area contributed by atoms with Gasteiger partial charge in [-0.2, -0.15) is 0 Å². The van der Waals surface area contributed by atoms with Gasteiger partial charge in [-0.15, -0.1) is 0 Å². The maximum atomic E-state index is 10.5. The Kier molecular flexibility index (Phi) is 4.46. The summed E-state index contributed by atoms with van der Waals surface area (Å²) < 4.78 is 5.61. The Morgan fingerprint density at radius 2 is 1.60 bits per heavy atom. The number of rotatable bonds is 4. The summed E-state index contributed by atoms with van der Waals surface area (Å²) in [5.74, 6) is 0.830. The summed E-state index contributed by atoms with van der Waals surface area (Å²) >= 11 is 0. The molecule has 2 nitrogen and oxygen atoms in total. The van der Waals surface area contributed by atoms with E-state index in [0.29, 0.717) is 0 Å². The van der Waals surface area contributed by atoms with Gasteiger partial charge in [-0.25, -0.2) is 0 Å². The van der Waals surface area contributed by atoms with E-state index in [1.165, 1.54) is 5.56 Å². The lowest BCUT2D eigenvalue weighted by Crippen LogP contribution is -2.06. The molecule has 0 aliphatic rings. The molecule has 0 aliphatic heterocycles. The van der Waals surface area contributed by atoms with Crippen LogP contribution in [0.1, 0.15) is 42.2 Å². The van der Waals surface area contributed by atoms with E-state index >= 15 is 0 Å². The van der Waals surface area contributed by atoms with Crippen molar-refractivity contribution >= 4 is 0 Å². The molecule has 0 aliphatic carbocycles. The van der Waals surface area contributed by atoms with Crippen LogP contribution < -0.4 is 4.74 Å². The number of benzene rings is 2. The van der Waals surface area contributed by atoms with Crippen molar-refractivity contribution in [1.29, 1.82) is 0 Å². The van der Waals surface area contributed by atoms with Gasteiger partial charge in [-0.1, -0.05) is 35.9 Å². The van der Waals surface area contributed by atoms with E-state index in [-0.39, 0.29) is 6.10 Å². The summed E-state index contributed by atoms with van der Waals surface area (Å²) in [6.07, 6.45) is -0.436. The third-order valence-electron chi connectivity index (χ3n) is 3.29. The minimum atomic E-state index is -0.594. The van der Waals surface area contributed by atoms with Gasteiger partial charge in [0.2, 0.25) is 0 Å². The van der Waals surface area contributed by atoms with Crippen LogP contribution in [0.3, 0.4) is 0 Å². The van der Waals surface area contributed by atoms with E-state index in [0.717, 1.165) is 22.4 Å². The highest BCUT2D eigenvalue weighted by atomic mass is 16.5. The second-order valence-corrected chi connectivity index (χ2v) is 5.50. The van der Waals surface area contributed by atoms with Gasteiger partial charge in [0, 0.05) is 0 Å². The number of aliphatic hydroxyl groups excluding tert-OH is 1. The van der Waals surface area contributed by atoms with Crippen molar-refractivity contribution in [3.05, 3.63) is 64.7 Å². The Labute approximate surface area is 121 Å². The van der Waals surface area contributed by atoms with Gasteiger partial charge in [0.15, 0.2) is 0 Å². The molecule has 0 saturated carbocycles. The first-order chi connectivity index (χ1) is 9.47. The smallest absolute Gasteiger partial charge is 0.119 e. The van der Waals surface area contributed by atoms with Crippen molar-refractivity contribution in [3.63, 3.8) is 0 Å². The van der Waals surface area contributed by atoms with Crippen molar-refractivity contribution in [3.8, 4) is 5.75 Å². The van der Waals surface area contributed by atoms with Crippen molar-refractivity contribution in [1.82, 2.24) is 0 Å². The predicted octanol–water partition coefficient (Wildman–Crippen LogP) is 4.17. The van der Waals surface area contributed by atoms with Crippen molar-refractivity contribution in [2.45, 2.75) is 39.9 Å². The first-order valence-corrected chi connectivity index (χ1v) is 6.99. The lowest BCUT2D eigenvalue weighted by atomic mass is 9.96. The zero-order valence-electron chi connectivity index (χ0n) is 12.6. The molecule has 0 saturated heterocycles. The van der Waals surface area contributed by atoms with Crippen LogP contribution >= 0.6 is 0 Å². The number of aryl methyl sites for hydroxylation is 2. The third kappa shape index (κ3) is 3.40. The van der Waals surface area contributed by atoms with E-state index in [4.69, 9.17) is 4.74 Å². The molecular formula is C18H22O2. The highest BCUT2D eigenvalue weighted by molar-refractivity contribution is 5.39. The van der Waals surface area contributed by atoms with E-state index in [1.807, 2.05) is 57.2 Å².